The van der Waals surface area contributed by atoms with Crippen molar-refractivity contribution in [3.8, 4) is 0 Å². The summed E-state index contributed by atoms with van der Waals surface area (Å²) in [5, 5.41) is 10.1. The predicted molar refractivity (Wildman–Crippen MR) is 145 cm³/mol. The number of halogens is 1. The Bertz CT molecular complexity index is 789. The first-order valence-electron chi connectivity index (χ1n) is 11.3. The van der Waals surface area contributed by atoms with Crippen molar-refractivity contribution in [3.63, 3.8) is 0 Å². The third kappa shape index (κ3) is 9.34. The topological polar surface area (TPSA) is 60.9 Å². The molecule has 1 fully saturated rings. The van der Waals surface area contributed by atoms with Gasteiger partial charge < -0.3 is 20.7 Å². The minimum Gasteiger partial charge on any atom is -0.383 e. The second-order valence-electron chi connectivity index (χ2n) is 8.05. The summed E-state index contributed by atoms with van der Waals surface area (Å²) < 4.78 is 5.06. The minimum absolute atomic E-state index is 0. The minimum atomic E-state index is 0. The number of rotatable bonds is 10. The van der Waals surface area contributed by atoms with Gasteiger partial charge >= 0.3 is 0 Å². The van der Waals surface area contributed by atoms with Crippen LogP contribution in [0.1, 0.15) is 36.0 Å². The highest BCUT2D eigenvalue weighted by Gasteiger charge is 2.10. The molecule has 0 atom stereocenters. The fourth-order valence-electron chi connectivity index (χ4n) is 3.77. The Balaban J connectivity index is 0.00000363. The highest BCUT2D eigenvalue weighted by Crippen LogP contribution is 2.14. The van der Waals surface area contributed by atoms with Crippen LogP contribution in [0.5, 0.6) is 0 Å². The van der Waals surface area contributed by atoms with Crippen LogP contribution in [-0.2, 0) is 24.4 Å². The van der Waals surface area contributed by atoms with Crippen molar-refractivity contribution in [2.75, 3.05) is 45.7 Å². The van der Waals surface area contributed by atoms with E-state index in [0.717, 1.165) is 37.8 Å². The summed E-state index contributed by atoms with van der Waals surface area (Å²) in [5.41, 5.74) is 4.97. The monoisotopic (exact) mass is 551 g/mol. The smallest absolute Gasteiger partial charge is 0.191 e. The van der Waals surface area contributed by atoms with Crippen molar-refractivity contribution >= 4 is 35.6 Å². The maximum absolute atomic E-state index is 5.06. The fraction of sp³-hybridized carbons (Fsp3) is 0.480. The number of hydrogen-bond acceptors (Lipinski definition) is 4. The molecule has 0 saturated carbocycles. The molecule has 0 aliphatic carbocycles. The number of aliphatic imine (C=N–C) groups is 1. The van der Waals surface area contributed by atoms with Crippen LogP contribution in [0.2, 0.25) is 0 Å². The number of anilines is 1. The number of benzene rings is 2. The molecule has 0 aromatic heterocycles. The number of nitrogens with zero attached hydrogens (tertiary/aromatic N) is 2. The van der Waals surface area contributed by atoms with Crippen molar-refractivity contribution in [1.29, 1.82) is 0 Å². The lowest BCUT2D eigenvalue weighted by Gasteiger charge is -2.26. The second kappa shape index (κ2) is 15.1. The number of nitrogens with one attached hydrogen (secondary N) is 3. The average Bonchev–Trinajstić information content (AvgIpc) is 2.82. The summed E-state index contributed by atoms with van der Waals surface area (Å²) in [5.74, 6) is 0.805. The van der Waals surface area contributed by atoms with E-state index in [1.54, 1.807) is 14.2 Å². The van der Waals surface area contributed by atoms with Gasteiger partial charge in [0.25, 0.3) is 0 Å². The van der Waals surface area contributed by atoms with Gasteiger partial charge in [0, 0.05) is 46.0 Å². The summed E-state index contributed by atoms with van der Waals surface area (Å²) in [4.78, 5) is 6.90. The molecule has 0 bridgehead atoms. The van der Waals surface area contributed by atoms with Gasteiger partial charge in [-0.05, 0) is 54.8 Å². The van der Waals surface area contributed by atoms with E-state index in [2.05, 4.69) is 74.4 Å². The van der Waals surface area contributed by atoms with Gasteiger partial charge in [0.05, 0.1) is 6.61 Å². The Morgan fingerprint density at radius 2 is 1.44 bits per heavy atom. The van der Waals surface area contributed by atoms with Crippen LogP contribution < -0.4 is 16.0 Å². The van der Waals surface area contributed by atoms with Gasteiger partial charge in [0.2, 0.25) is 0 Å². The molecule has 176 valence electrons. The molecule has 0 radical (unpaired) electrons. The fourth-order valence-corrected chi connectivity index (χ4v) is 3.77. The molecule has 2 aromatic carbocycles. The Morgan fingerprint density at radius 1 is 0.875 bits per heavy atom. The number of ether oxygens (including phenoxy) is 1. The lowest BCUT2D eigenvalue weighted by Crippen LogP contribution is -2.36. The molecular weight excluding hydrogens is 513 g/mol. The third-order valence-electron chi connectivity index (χ3n) is 5.61. The van der Waals surface area contributed by atoms with Crippen LogP contribution in [0.4, 0.5) is 5.69 Å². The Hall–Kier alpha value is -1.84. The average molecular weight is 552 g/mol. The second-order valence-corrected chi connectivity index (χ2v) is 8.05. The van der Waals surface area contributed by atoms with E-state index in [1.165, 1.54) is 49.0 Å². The number of methoxy groups -OCH3 is 1. The molecular formula is C25H38IN5O. The molecule has 1 saturated heterocycles. The van der Waals surface area contributed by atoms with Crippen LogP contribution in [-0.4, -0.2) is 51.3 Å². The van der Waals surface area contributed by atoms with Crippen LogP contribution in [0.15, 0.2) is 53.5 Å². The molecule has 0 unspecified atom stereocenters. The molecule has 1 aliphatic rings. The first kappa shape index (κ1) is 26.4. The number of likely N-dealkylation sites (tertiary alicyclic amines) is 1. The van der Waals surface area contributed by atoms with Crippen LogP contribution >= 0.6 is 24.0 Å². The van der Waals surface area contributed by atoms with Crippen molar-refractivity contribution < 1.29 is 4.74 Å². The maximum atomic E-state index is 5.06. The van der Waals surface area contributed by atoms with Gasteiger partial charge in [-0.2, -0.15) is 0 Å². The highest BCUT2D eigenvalue weighted by atomic mass is 127. The van der Waals surface area contributed by atoms with Gasteiger partial charge in [0.15, 0.2) is 5.96 Å². The molecule has 0 spiro atoms. The van der Waals surface area contributed by atoms with Crippen LogP contribution in [0.3, 0.4) is 0 Å². The highest BCUT2D eigenvalue weighted by molar-refractivity contribution is 14.0. The summed E-state index contributed by atoms with van der Waals surface area (Å²) >= 11 is 0. The van der Waals surface area contributed by atoms with Crippen molar-refractivity contribution in [2.45, 2.75) is 38.9 Å². The number of guanidine groups is 1. The molecule has 1 aliphatic heterocycles. The van der Waals surface area contributed by atoms with Gasteiger partial charge in [-0.25, -0.2) is 0 Å². The van der Waals surface area contributed by atoms with Crippen LogP contribution in [0, 0.1) is 0 Å². The molecule has 0 amide bonds. The van der Waals surface area contributed by atoms with Crippen LogP contribution in [0.25, 0.3) is 0 Å². The zero-order valence-corrected chi connectivity index (χ0v) is 21.7. The van der Waals surface area contributed by atoms with E-state index in [1.807, 2.05) is 0 Å². The zero-order valence-electron chi connectivity index (χ0n) is 19.4. The van der Waals surface area contributed by atoms with E-state index in [0.29, 0.717) is 6.61 Å². The lowest BCUT2D eigenvalue weighted by atomic mass is 10.1. The molecule has 6 nitrogen and oxygen atoms in total. The number of piperidine rings is 1. The van der Waals surface area contributed by atoms with Crippen molar-refractivity contribution in [2.24, 2.45) is 4.99 Å². The van der Waals surface area contributed by atoms with Gasteiger partial charge in [-0.3, -0.25) is 9.89 Å². The summed E-state index contributed by atoms with van der Waals surface area (Å²) in [6.45, 7) is 6.53. The molecule has 1 heterocycles. The Labute approximate surface area is 210 Å². The zero-order chi connectivity index (χ0) is 21.7. The summed E-state index contributed by atoms with van der Waals surface area (Å²) in [6, 6.07) is 17.4. The van der Waals surface area contributed by atoms with Crippen molar-refractivity contribution in [1.82, 2.24) is 15.5 Å². The molecule has 3 N–H and O–H groups in total. The van der Waals surface area contributed by atoms with Gasteiger partial charge in [-0.15, -0.1) is 24.0 Å². The van der Waals surface area contributed by atoms with E-state index in [4.69, 9.17) is 4.74 Å². The standard InChI is InChI=1S/C25H37N5O.HI/c1-26-25(29-19-22-10-12-24(13-11-22)27-14-17-31-2)28-18-21-6-8-23(9-7-21)20-30-15-4-3-5-16-30;/h6-13,27H,3-5,14-20H2,1-2H3,(H2,26,28,29);1H. The third-order valence-corrected chi connectivity index (χ3v) is 5.61. The molecule has 2 aromatic rings. The quantitative estimate of drug-likeness (QED) is 0.179. The normalized spacial score (nSPS) is 14.5. The van der Waals surface area contributed by atoms with E-state index < -0.39 is 0 Å². The number of hydrogen-bond donors (Lipinski definition) is 3. The maximum Gasteiger partial charge on any atom is 0.191 e. The van der Waals surface area contributed by atoms with Crippen molar-refractivity contribution in [3.05, 3.63) is 65.2 Å². The first-order chi connectivity index (χ1) is 15.3. The van der Waals surface area contributed by atoms with E-state index >= 15 is 0 Å². The Morgan fingerprint density at radius 3 is 2.00 bits per heavy atom. The Kier molecular flexibility index (Phi) is 12.4. The van der Waals surface area contributed by atoms with Gasteiger partial charge in [-0.1, -0.05) is 42.8 Å². The summed E-state index contributed by atoms with van der Waals surface area (Å²) in [6.07, 6.45) is 4.06. The SMILES string of the molecule is CN=C(NCc1ccc(CN2CCCCC2)cc1)NCc1ccc(NCCOC)cc1.I. The summed E-state index contributed by atoms with van der Waals surface area (Å²) in [7, 11) is 3.52. The lowest BCUT2D eigenvalue weighted by molar-refractivity contribution is 0.211. The molecule has 3 rings (SSSR count). The largest absolute Gasteiger partial charge is 0.383 e. The molecule has 7 heteroatoms. The van der Waals surface area contributed by atoms with Gasteiger partial charge in [0.1, 0.15) is 0 Å². The van der Waals surface area contributed by atoms with E-state index in [-0.39, 0.29) is 24.0 Å². The molecule has 32 heavy (non-hydrogen) atoms. The van der Waals surface area contributed by atoms with E-state index in [9.17, 15) is 0 Å². The first-order valence-corrected chi connectivity index (χ1v) is 11.3. The predicted octanol–water partition coefficient (Wildman–Crippen LogP) is 4.21.